The van der Waals surface area contributed by atoms with E-state index < -0.39 is 0 Å². The van der Waals surface area contributed by atoms with Crippen molar-refractivity contribution in [2.45, 2.75) is 0 Å². The van der Waals surface area contributed by atoms with E-state index in [1.165, 1.54) is 0 Å². The van der Waals surface area contributed by atoms with Gasteiger partial charge in [0.25, 0.3) is 0 Å². The van der Waals surface area contributed by atoms with Crippen LogP contribution in [0, 0.1) is 0 Å². The number of aromatic nitrogens is 6. The van der Waals surface area contributed by atoms with Gasteiger partial charge in [0.2, 0.25) is 0 Å². The van der Waals surface area contributed by atoms with Crippen molar-refractivity contribution in [3.63, 3.8) is 0 Å². The van der Waals surface area contributed by atoms with Crippen molar-refractivity contribution < 1.29 is 0 Å². The zero-order valence-corrected chi connectivity index (χ0v) is 35.1. The molecule has 0 aliphatic rings. The Morgan fingerprint density at radius 1 is 0.277 bits per heavy atom. The van der Waals surface area contributed by atoms with Gasteiger partial charge >= 0.3 is 0 Å². The molecule has 0 radical (unpaired) electrons. The van der Waals surface area contributed by atoms with Crippen molar-refractivity contribution in [2.24, 2.45) is 0 Å². The number of imidazole rings is 1. The lowest BCUT2D eigenvalue weighted by molar-refractivity contribution is 1.18. The molecular formula is C59H38N6. The standard InChI is InChI=1S/C59H38N6/c1-5-17-39(18-6-1)52-36-53(40-19-7-2-8-20-40)62-58(61-52)47-28-15-25-43(33-47)44-31-32-51-56(35-44)65-38-50(48-29-13-14-30-49(48)59(65)64-51)45-26-16-27-46(34-45)55-37-54(41-21-9-3-10-22-41)60-57(63-55)42-23-11-4-12-24-42/h1-38H. The molecule has 6 nitrogen and oxygen atoms in total. The summed E-state index contributed by atoms with van der Waals surface area (Å²) in [7, 11) is 0. The summed E-state index contributed by atoms with van der Waals surface area (Å²) in [6, 6.07) is 77.6. The average Bonchev–Trinajstić information content (AvgIpc) is 3.77. The van der Waals surface area contributed by atoms with Crippen LogP contribution in [0.1, 0.15) is 0 Å². The fourth-order valence-electron chi connectivity index (χ4n) is 8.78. The maximum absolute atomic E-state index is 5.22. The minimum absolute atomic E-state index is 0.677. The maximum atomic E-state index is 5.22. The van der Waals surface area contributed by atoms with E-state index in [0.29, 0.717) is 11.6 Å². The van der Waals surface area contributed by atoms with Crippen molar-refractivity contribution in [1.82, 2.24) is 29.3 Å². The molecule has 0 amide bonds. The van der Waals surface area contributed by atoms with Crippen molar-refractivity contribution in [1.29, 1.82) is 0 Å². The van der Waals surface area contributed by atoms with Crippen LogP contribution in [0.25, 0.3) is 118 Å². The summed E-state index contributed by atoms with van der Waals surface area (Å²) in [5.41, 5.74) is 16.8. The van der Waals surface area contributed by atoms with E-state index in [0.717, 1.165) is 106 Å². The Bertz CT molecular complexity index is 3580. The van der Waals surface area contributed by atoms with E-state index in [1.807, 2.05) is 72.8 Å². The quantitative estimate of drug-likeness (QED) is 0.153. The Morgan fingerprint density at radius 2 is 0.708 bits per heavy atom. The van der Waals surface area contributed by atoms with Gasteiger partial charge in [-0.15, -0.1) is 0 Å². The Labute approximate surface area is 375 Å². The minimum Gasteiger partial charge on any atom is -0.298 e. The van der Waals surface area contributed by atoms with Gasteiger partial charge in [-0.25, -0.2) is 24.9 Å². The van der Waals surface area contributed by atoms with Gasteiger partial charge in [-0.3, -0.25) is 4.40 Å². The van der Waals surface area contributed by atoms with Gasteiger partial charge in [0.1, 0.15) is 5.65 Å². The number of fused-ring (bicyclic) bond motifs is 5. The third kappa shape index (κ3) is 7.19. The Morgan fingerprint density at radius 3 is 1.31 bits per heavy atom. The summed E-state index contributed by atoms with van der Waals surface area (Å²) in [6.45, 7) is 0. The Balaban J connectivity index is 0.969. The monoisotopic (exact) mass is 830 g/mol. The molecule has 12 rings (SSSR count). The van der Waals surface area contributed by atoms with E-state index in [2.05, 4.69) is 162 Å². The molecule has 0 saturated heterocycles. The van der Waals surface area contributed by atoms with Gasteiger partial charge in [-0.05, 0) is 58.5 Å². The highest BCUT2D eigenvalue weighted by Gasteiger charge is 2.17. The summed E-state index contributed by atoms with van der Waals surface area (Å²) < 4.78 is 2.25. The van der Waals surface area contributed by atoms with Crippen LogP contribution in [-0.4, -0.2) is 29.3 Å². The van der Waals surface area contributed by atoms with Crippen molar-refractivity contribution in [2.75, 3.05) is 0 Å². The molecule has 0 unspecified atom stereocenters. The van der Waals surface area contributed by atoms with Crippen LogP contribution < -0.4 is 0 Å². The van der Waals surface area contributed by atoms with Crippen LogP contribution in [-0.2, 0) is 0 Å². The van der Waals surface area contributed by atoms with Crippen LogP contribution in [0.3, 0.4) is 0 Å². The third-order valence-electron chi connectivity index (χ3n) is 12.0. The fourth-order valence-corrected chi connectivity index (χ4v) is 8.78. The summed E-state index contributed by atoms with van der Waals surface area (Å²) in [4.78, 5) is 25.6. The summed E-state index contributed by atoms with van der Waals surface area (Å²) in [5, 5.41) is 2.21. The van der Waals surface area contributed by atoms with Gasteiger partial charge < -0.3 is 0 Å². The highest BCUT2D eigenvalue weighted by atomic mass is 15.0. The molecule has 0 N–H and O–H groups in total. The first kappa shape index (κ1) is 37.9. The second kappa shape index (κ2) is 16.1. The predicted molar refractivity (Wildman–Crippen MR) is 265 cm³/mol. The lowest BCUT2D eigenvalue weighted by Crippen LogP contribution is -1.96. The molecule has 65 heavy (non-hydrogen) atoms. The highest BCUT2D eigenvalue weighted by Crippen LogP contribution is 2.37. The van der Waals surface area contributed by atoms with Gasteiger partial charge in [0, 0.05) is 50.5 Å². The first-order chi connectivity index (χ1) is 32.2. The molecule has 0 bridgehead atoms. The molecular weight excluding hydrogens is 793 g/mol. The molecule has 4 aromatic heterocycles. The van der Waals surface area contributed by atoms with Crippen molar-refractivity contribution >= 4 is 27.5 Å². The number of benzene rings is 8. The molecule has 0 atom stereocenters. The molecule has 0 spiro atoms. The SMILES string of the molecule is c1ccc(-c2cc(-c3cccc(-c4cn5c6cc(-c7cccc(-c8nc(-c9ccccc9)cc(-c9ccccc9)n8)c7)ccc6nc5c5ccccc45)c3)nc(-c3ccccc3)n2)cc1. The lowest BCUT2D eigenvalue weighted by Gasteiger charge is -2.13. The first-order valence-corrected chi connectivity index (χ1v) is 21.7. The molecule has 6 heteroatoms. The number of hydrogen-bond acceptors (Lipinski definition) is 5. The smallest absolute Gasteiger partial charge is 0.160 e. The zero-order chi connectivity index (χ0) is 43.1. The van der Waals surface area contributed by atoms with E-state index in [4.69, 9.17) is 24.9 Å². The second-order valence-corrected chi connectivity index (χ2v) is 16.1. The maximum Gasteiger partial charge on any atom is 0.160 e. The predicted octanol–water partition coefficient (Wildman–Crippen LogP) is 14.6. The summed E-state index contributed by atoms with van der Waals surface area (Å²) in [6.07, 6.45) is 2.24. The normalized spacial score (nSPS) is 11.4. The Kier molecular flexibility index (Phi) is 9.38. The first-order valence-electron chi connectivity index (χ1n) is 21.7. The second-order valence-electron chi connectivity index (χ2n) is 16.1. The number of hydrogen-bond donors (Lipinski definition) is 0. The molecule has 0 aliphatic heterocycles. The molecule has 304 valence electrons. The van der Waals surface area contributed by atoms with E-state index in [1.54, 1.807) is 0 Å². The Hall–Kier alpha value is -8.87. The molecule has 12 aromatic rings. The fraction of sp³-hybridized carbons (Fsp3) is 0. The largest absolute Gasteiger partial charge is 0.298 e. The average molecular weight is 831 g/mol. The van der Waals surface area contributed by atoms with Gasteiger partial charge in [-0.2, -0.15) is 0 Å². The van der Waals surface area contributed by atoms with Crippen LogP contribution in [0.15, 0.2) is 231 Å². The van der Waals surface area contributed by atoms with Crippen LogP contribution in [0.2, 0.25) is 0 Å². The van der Waals surface area contributed by atoms with Gasteiger partial charge in [0.05, 0.1) is 33.8 Å². The number of nitrogens with zero attached hydrogens (tertiary/aromatic N) is 6. The van der Waals surface area contributed by atoms with E-state index in [-0.39, 0.29) is 0 Å². The number of rotatable bonds is 8. The van der Waals surface area contributed by atoms with Crippen LogP contribution in [0.5, 0.6) is 0 Å². The van der Waals surface area contributed by atoms with Crippen molar-refractivity contribution in [3.05, 3.63) is 231 Å². The number of pyridine rings is 1. The molecule has 8 aromatic carbocycles. The molecule has 4 heterocycles. The minimum atomic E-state index is 0.677. The zero-order valence-electron chi connectivity index (χ0n) is 35.1. The highest BCUT2D eigenvalue weighted by molar-refractivity contribution is 6.06. The van der Waals surface area contributed by atoms with Crippen molar-refractivity contribution in [3.8, 4) is 90.1 Å². The van der Waals surface area contributed by atoms with Gasteiger partial charge in [-0.1, -0.05) is 188 Å². The molecule has 0 saturated carbocycles. The molecule has 0 fully saturated rings. The summed E-state index contributed by atoms with van der Waals surface area (Å²) in [5.74, 6) is 1.37. The third-order valence-corrected chi connectivity index (χ3v) is 12.0. The van der Waals surface area contributed by atoms with Crippen LogP contribution >= 0.6 is 0 Å². The van der Waals surface area contributed by atoms with E-state index >= 15 is 0 Å². The van der Waals surface area contributed by atoms with E-state index in [9.17, 15) is 0 Å². The van der Waals surface area contributed by atoms with Gasteiger partial charge in [0.15, 0.2) is 11.6 Å². The molecule has 0 aliphatic carbocycles. The van der Waals surface area contributed by atoms with Crippen LogP contribution in [0.4, 0.5) is 0 Å². The lowest BCUT2D eigenvalue weighted by atomic mass is 9.97. The summed E-state index contributed by atoms with van der Waals surface area (Å²) >= 11 is 0. The topological polar surface area (TPSA) is 68.9 Å².